The van der Waals surface area contributed by atoms with Crippen LogP contribution < -0.4 is 0 Å². The number of esters is 1. The Balaban J connectivity index is 2.02. The fraction of sp³-hybridized carbons (Fsp3) is 0.250. The fourth-order valence-electron chi connectivity index (χ4n) is 2.72. The predicted molar refractivity (Wildman–Crippen MR) is 91.0 cm³/mol. The van der Waals surface area contributed by atoms with Crippen molar-refractivity contribution >= 4 is 27.5 Å². The number of ether oxygens (including phenoxy) is 1. The van der Waals surface area contributed by atoms with Gasteiger partial charge in [0.1, 0.15) is 5.60 Å². The molecule has 0 saturated carbocycles. The van der Waals surface area contributed by atoms with Gasteiger partial charge >= 0.3 is 5.97 Å². The Bertz CT molecular complexity index is 841. The van der Waals surface area contributed by atoms with Crippen molar-refractivity contribution in [1.82, 2.24) is 0 Å². The van der Waals surface area contributed by atoms with Gasteiger partial charge in [-0.05, 0) is 60.0 Å². The Hall–Kier alpha value is -2.35. The maximum absolute atomic E-state index is 12.1. The Morgan fingerprint density at radius 2 is 1.55 bits per heavy atom. The SMILES string of the molecule is CC(C)(C)OC(=O)Cc1cccc2cc3ccccc3cc12. The van der Waals surface area contributed by atoms with Crippen LogP contribution in [0.4, 0.5) is 0 Å². The molecule has 0 radical (unpaired) electrons. The number of hydrogen-bond donors (Lipinski definition) is 0. The number of carbonyl (C=O) groups is 1. The summed E-state index contributed by atoms with van der Waals surface area (Å²) in [5, 5.41) is 4.67. The number of rotatable bonds is 2. The van der Waals surface area contributed by atoms with E-state index in [1.165, 1.54) is 10.8 Å². The van der Waals surface area contributed by atoms with E-state index in [1.54, 1.807) is 0 Å². The second kappa shape index (κ2) is 5.45. The summed E-state index contributed by atoms with van der Waals surface area (Å²) in [5.41, 5.74) is 0.562. The molecule has 112 valence electrons. The lowest BCUT2D eigenvalue weighted by Crippen LogP contribution is -2.24. The molecule has 0 bridgehead atoms. The van der Waals surface area contributed by atoms with Crippen molar-refractivity contribution in [3.8, 4) is 0 Å². The van der Waals surface area contributed by atoms with Crippen LogP contribution in [-0.4, -0.2) is 11.6 Å². The molecule has 0 saturated heterocycles. The van der Waals surface area contributed by atoms with Crippen LogP contribution in [0.5, 0.6) is 0 Å². The number of carbonyl (C=O) groups excluding carboxylic acids is 1. The third-order valence-corrected chi connectivity index (χ3v) is 3.59. The summed E-state index contributed by atoms with van der Waals surface area (Å²) in [4.78, 5) is 12.1. The smallest absolute Gasteiger partial charge is 0.310 e. The minimum atomic E-state index is -0.450. The van der Waals surface area contributed by atoms with E-state index in [0.29, 0.717) is 6.42 Å². The number of benzene rings is 3. The fourth-order valence-corrected chi connectivity index (χ4v) is 2.72. The van der Waals surface area contributed by atoms with Gasteiger partial charge in [-0.2, -0.15) is 0 Å². The first-order valence-electron chi connectivity index (χ1n) is 7.55. The van der Waals surface area contributed by atoms with Gasteiger partial charge in [-0.1, -0.05) is 42.5 Å². The second-order valence-electron chi connectivity index (χ2n) is 6.60. The number of fused-ring (bicyclic) bond motifs is 2. The zero-order chi connectivity index (χ0) is 15.7. The summed E-state index contributed by atoms with van der Waals surface area (Å²) in [6, 6.07) is 18.7. The molecule has 2 heteroatoms. The van der Waals surface area contributed by atoms with Gasteiger partial charge < -0.3 is 4.74 Å². The van der Waals surface area contributed by atoms with E-state index in [2.05, 4.69) is 30.3 Å². The van der Waals surface area contributed by atoms with Gasteiger partial charge in [0.05, 0.1) is 6.42 Å². The van der Waals surface area contributed by atoms with E-state index in [-0.39, 0.29) is 5.97 Å². The van der Waals surface area contributed by atoms with Crippen molar-refractivity contribution in [2.24, 2.45) is 0 Å². The first kappa shape index (κ1) is 14.6. The molecule has 2 nitrogen and oxygen atoms in total. The maximum Gasteiger partial charge on any atom is 0.310 e. The van der Waals surface area contributed by atoms with Crippen molar-refractivity contribution in [2.45, 2.75) is 32.8 Å². The lowest BCUT2D eigenvalue weighted by molar-refractivity contribution is -0.153. The van der Waals surface area contributed by atoms with Crippen LogP contribution in [0.1, 0.15) is 26.3 Å². The zero-order valence-electron chi connectivity index (χ0n) is 13.2. The highest BCUT2D eigenvalue weighted by atomic mass is 16.6. The highest BCUT2D eigenvalue weighted by Gasteiger charge is 2.17. The molecule has 0 N–H and O–H groups in total. The molecular weight excluding hydrogens is 272 g/mol. The molecule has 0 atom stereocenters. The monoisotopic (exact) mass is 292 g/mol. The first-order chi connectivity index (χ1) is 10.4. The average molecular weight is 292 g/mol. The minimum Gasteiger partial charge on any atom is -0.460 e. The van der Waals surface area contributed by atoms with Gasteiger partial charge in [-0.3, -0.25) is 4.79 Å². The largest absolute Gasteiger partial charge is 0.460 e. The number of hydrogen-bond acceptors (Lipinski definition) is 2. The van der Waals surface area contributed by atoms with Crippen LogP contribution in [-0.2, 0) is 16.0 Å². The van der Waals surface area contributed by atoms with E-state index in [0.717, 1.165) is 16.3 Å². The molecule has 0 spiro atoms. The Morgan fingerprint density at radius 1 is 0.909 bits per heavy atom. The van der Waals surface area contributed by atoms with Crippen molar-refractivity contribution in [2.75, 3.05) is 0 Å². The Morgan fingerprint density at radius 3 is 2.23 bits per heavy atom. The highest BCUT2D eigenvalue weighted by molar-refractivity contribution is 6.00. The maximum atomic E-state index is 12.1. The van der Waals surface area contributed by atoms with Crippen LogP contribution in [0.3, 0.4) is 0 Å². The first-order valence-corrected chi connectivity index (χ1v) is 7.55. The van der Waals surface area contributed by atoms with Gasteiger partial charge in [0.2, 0.25) is 0 Å². The molecule has 3 aromatic carbocycles. The van der Waals surface area contributed by atoms with Crippen LogP contribution in [0.25, 0.3) is 21.5 Å². The summed E-state index contributed by atoms with van der Waals surface area (Å²) in [7, 11) is 0. The van der Waals surface area contributed by atoms with E-state index >= 15 is 0 Å². The van der Waals surface area contributed by atoms with Crippen LogP contribution in [0.2, 0.25) is 0 Å². The quantitative estimate of drug-likeness (QED) is 0.497. The van der Waals surface area contributed by atoms with Crippen molar-refractivity contribution < 1.29 is 9.53 Å². The van der Waals surface area contributed by atoms with Gasteiger partial charge in [-0.25, -0.2) is 0 Å². The minimum absolute atomic E-state index is 0.187. The summed E-state index contributed by atoms with van der Waals surface area (Å²) in [6.45, 7) is 5.67. The molecule has 0 aromatic heterocycles. The summed E-state index contributed by atoms with van der Waals surface area (Å²) < 4.78 is 5.44. The average Bonchev–Trinajstić information content (AvgIpc) is 2.43. The van der Waals surface area contributed by atoms with Crippen LogP contribution in [0.15, 0.2) is 54.6 Å². The summed E-state index contributed by atoms with van der Waals surface area (Å²) in [6.07, 6.45) is 0.299. The van der Waals surface area contributed by atoms with E-state index in [9.17, 15) is 4.79 Å². The molecule has 0 aliphatic rings. The Labute approximate surface area is 130 Å². The molecule has 0 aliphatic carbocycles. The van der Waals surface area contributed by atoms with E-state index < -0.39 is 5.60 Å². The lowest BCUT2D eigenvalue weighted by Gasteiger charge is -2.19. The normalized spacial score (nSPS) is 11.8. The molecule has 3 aromatic rings. The summed E-state index contributed by atoms with van der Waals surface area (Å²) in [5.74, 6) is -0.187. The Kier molecular flexibility index (Phi) is 3.61. The molecule has 0 aliphatic heterocycles. The standard InChI is InChI=1S/C20H20O2/c1-20(2,3)22-19(21)13-17-10-6-9-16-11-14-7-4-5-8-15(14)12-18(16)17/h4-12H,13H2,1-3H3. The van der Waals surface area contributed by atoms with E-state index in [1.807, 2.05) is 45.0 Å². The molecule has 0 unspecified atom stereocenters. The zero-order valence-corrected chi connectivity index (χ0v) is 13.2. The van der Waals surface area contributed by atoms with Gasteiger partial charge in [-0.15, -0.1) is 0 Å². The van der Waals surface area contributed by atoms with Gasteiger partial charge in [0, 0.05) is 0 Å². The molecule has 22 heavy (non-hydrogen) atoms. The van der Waals surface area contributed by atoms with Crippen molar-refractivity contribution in [1.29, 1.82) is 0 Å². The second-order valence-corrected chi connectivity index (χ2v) is 6.60. The molecular formula is C20H20O2. The molecule has 0 fully saturated rings. The van der Waals surface area contributed by atoms with Gasteiger partial charge in [0.25, 0.3) is 0 Å². The molecule has 0 heterocycles. The van der Waals surface area contributed by atoms with Crippen LogP contribution >= 0.6 is 0 Å². The van der Waals surface area contributed by atoms with Crippen molar-refractivity contribution in [3.63, 3.8) is 0 Å². The molecule has 3 rings (SSSR count). The predicted octanol–water partition coefficient (Wildman–Crippen LogP) is 4.88. The topological polar surface area (TPSA) is 26.3 Å². The summed E-state index contributed by atoms with van der Waals surface area (Å²) >= 11 is 0. The molecule has 0 amide bonds. The lowest BCUT2D eigenvalue weighted by atomic mass is 9.98. The van der Waals surface area contributed by atoms with E-state index in [4.69, 9.17) is 4.74 Å². The third-order valence-electron chi connectivity index (χ3n) is 3.59. The third kappa shape index (κ3) is 3.11. The highest BCUT2D eigenvalue weighted by Crippen LogP contribution is 2.26. The van der Waals surface area contributed by atoms with Gasteiger partial charge in [0.15, 0.2) is 0 Å². The van der Waals surface area contributed by atoms with Crippen molar-refractivity contribution in [3.05, 3.63) is 60.2 Å². The van der Waals surface area contributed by atoms with Crippen LogP contribution in [0, 0.1) is 0 Å².